The number of hydrogen-bond donors (Lipinski definition) is 1. The van der Waals surface area contributed by atoms with Crippen molar-refractivity contribution in [2.75, 3.05) is 0 Å². The van der Waals surface area contributed by atoms with E-state index in [9.17, 15) is 9.90 Å². The van der Waals surface area contributed by atoms with Crippen molar-refractivity contribution < 1.29 is 9.90 Å². The number of aliphatic hydroxyl groups excluding tert-OH is 1. The fourth-order valence-electron chi connectivity index (χ4n) is 6.62. The van der Waals surface area contributed by atoms with Gasteiger partial charge in [0.15, 0.2) is 5.78 Å². The van der Waals surface area contributed by atoms with Gasteiger partial charge in [-0.05, 0) is 37.5 Å². The summed E-state index contributed by atoms with van der Waals surface area (Å²) in [5.74, 6) is 0.174. The summed E-state index contributed by atoms with van der Waals surface area (Å²) in [6.07, 6.45) is 5.41. The van der Waals surface area contributed by atoms with Gasteiger partial charge in [-0.1, -0.05) is 44.2 Å². The highest BCUT2D eigenvalue weighted by molar-refractivity contribution is 6.04. The molecule has 1 heterocycles. The normalized spacial score (nSPS) is 35.5. The lowest BCUT2D eigenvalue weighted by Crippen LogP contribution is -2.49. The maximum absolute atomic E-state index is 13.1. The van der Waals surface area contributed by atoms with Gasteiger partial charge >= 0.3 is 0 Å². The first-order chi connectivity index (χ1) is 12.9. The van der Waals surface area contributed by atoms with Crippen molar-refractivity contribution in [2.24, 2.45) is 17.9 Å². The summed E-state index contributed by atoms with van der Waals surface area (Å²) in [7, 11) is 2.02. The van der Waals surface area contributed by atoms with E-state index in [1.807, 2.05) is 17.8 Å². The summed E-state index contributed by atoms with van der Waals surface area (Å²) < 4.78 is 2.01. The zero-order valence-electron chi connectivity index (χ0n) is 16.2. The number of carbonyl (C=O) groups is 1. The van der Waals surface area contributed by atoms with Gasteiger partial charge in [0.05, 0.1) is 17.6 Å². The molecule has 4 nitrogen and oxygen atoms in total. The molecule has 0 bridgehead atoms. The van der Waals surface area contributed by atoms with Gasteiger partial charge in [0.25, 0.3) is 0 Å². The van der Waals surface area contributed by atoms with Crippen molar-refractivity contribution in [2.45, 2.75) is 51.4 Å². The summed E-state index contributed by atoms with van der Waals surface area (Å²) >= 11 is 0. The minimum Gasteiger partial charge on any atom is -0.515 e. The number of aryl methyl sites for hydroxylation is 1. The molecule has 1 aromatic heterocycles. The van der Waals surface area contributed by atoms with Gasteiger partial charge in [-0.2, -0.15) is 5.10 Å². The van der Waals surface area contributed by atoms with Gasteiger partial charge in [-0.3, -0.25) is 9.48 Å². The largest absolute Gasteiger partial charge is 0.515 e. The van der Waals surface area contributed by atoms with E-state index in [2.05, 4.69) is 38.1 Å². The van der Waals surface area contributed by atoms with E-state index < -0.39 is 0 Å². The maximum Gasteiger partial charge on any atom is 0.168 e. The Bertz CT molecular complexity index is 989. The molecule has 3 atom stereocenters. The third-order valence-electron chi connectivity index (χ3n) is 8.00. The van der Waals surface area contributed by atoms with E-state index in [4.69, 9.17) is 5.10 Å². The average Bonchev–Trinajstić information content (AvgIpc) is 3.26. The van der Waals surface area contributed by atoms with Crippen LogP contribution in [0.5, 0.6) is 0 Å². The molecule has 1 aromatic carbocycles. The number of rotatable bonds is 2. The molecule has 3 aliphatic rings. The van der Waals surface area contributed by atoms with Gasteiger partial charge < -0.3 is 5.11 Å². The van der Waals surface area contributed by atoms with Crippen molar-refractivity contribution in [1.82, 2.24) is 9.78 Å². The number of carbonyl (C=O) groups excluding carboxylic acids is 1. The maximum atomic E-state index is 13.1. The van der Waals surface area contributed by atoms with Crippen LogP contribution in [0.4, 0.5) is 0 Å². The predicted molar refractivity (Wildman–Crippen MR) is 104 cm³/mol. The van der Waals surface area contributed by atoms with Crippen LogP contribution in [0.25, 0.3) is 11.3 Å². The summed E-state index contributed by atoms with van der Waals surface area (Å²) in [6, 6.07) is 10.4. The quantitative estimate of drug-likeness (QED) is 0.632. The molecule has 2 aromatic rings. The molecular weight excluding hydrogens is 336 g/mol. The summed E-state index contributed by atoms with van der Waals surface area (Å²) in [6.45, 7) is 4.40. The Kier molecular flexibility index (Phi) is 3.18. The fraction of sp³-hybridized carbons (Fsp3) is 0.478. The molecule has 1 spiro atoms. The van der Waals surface area contributed by atoms with Gasteiger partial charge in [0.1, 0.15) is 0 Å². The molecular formula is C23H26N2O2. The fourth-order valence-corrected chi connectivity index (χ4v) is 6.62. The predicted octanol–water partition coefficient (Wildman–Crippen LogP) is 4.49. The Hall–Kier alpha value is -2.36. The van der Waals surface area contributed by atoms with E-state index in [-0.39, 0.29) is 22.0 Å². The zero-order valence-corrected chi connectivity index (χ0v) is 16.2. The number of aliphatic hydroxyl groups is 1. The van der Waals surface area contributed by atoms with Gasteiger partial charge in [-0.25, -0.2) is 0 Å². The highest BCUT2D eigenvalue weighted by Gasteiger charge is 2.80. The topological polar surface area (TPSA) is 55.1 Å². The van der Waals surface area contributed by atoms with Crippen LogP contribution in [0.1, 0.15) is 50.8 Å². The van der Waals surface area contributed by atoms with E-state index in [1.54, 1.807) is 0 Å². The second kappa shape index (κ2) is 5.12. The van der Waals surface area contributed by atoms with E-state index in [1.165, 1.54) is 16.8 Å². The summed E-state index contributed by atoms with van der Waals surface area (Å²) in [5.41, 5.74) is 4.89. The van der Waals surface area contributed by atoms with Crippen LogP contribution in [0, 0.1) is 10.8 Å². The van der Waals surface area contributed by atoms with Crippen molar-refractivity contribution in [3.63, 3.8) is 0 Å². The average molecular weight is 362 g/mol. The standard InChI is InChI=1S/C23H26N2O2/c1-4-22-14-23(22)11-10-17-18(15-8-6-5-7-9-15)25(3)24-19(17)21(23,2)12-16(13-26)20(22)27/h5-9,13,26H,4,10-12,14H2,1-3H3/b16-13-/t21-,22?,23+/m1/s1. The minimum absolute atomic E-state index is 0.00630. The Morgan fingerprint density at radius 2 is 2.04 bits per heavy atom. The smallest absolute Gasteiger partial charge is 0.168 e. The number of aromatic nitrogens is 2. The Labute approximate surface area is 159 Å². The monoisotopic (exact) mass is 362 g/mol. The van der Waals surface area contributed by atoms with Crippen molar-refractivity contribution in [1.29, 1.82) is 0 Å². The van der Waals surface area contributed by atoms with Crippen LogP contribution < -0.4 is 0 Å². The molecule has 140 valence electrons. The zero-order chi connectivity index (χ0) is 19.0. The molecule has 4 heteroatoms. The van der Waals surface area contributed by atoms with Crippen LogP contribution in [0.2, 0.25) is 0 Å². The van der Waals surface area contributed by atoms with Crippen molar-refractivity contribution in [3.05, 3.63) is 53.4 Å². The molecule has 5 rings (SSSR count). The second-order valence-electron chi connectivity index (χ2n) is 8.85. The van der Waals surface area contributed by atoms with Crippen LogP contribution in [0.3, 0.4) is 0 Å². The van der Waals surface area contributed by atoms with E-state index in [0.717, 1.165) is 37.6 Å². The van der Waals surface area contributed by atoms with Crippen LogP contribution in [-0.2, 0) is 23.7 Å². The van der Waals surface area contributed by atoms with Crippen LogP contribution in [-0.4, -0.2) is 20.7 Å². The van der Waals surface area contributed by atoms with Crippen LogP contribution >= 0.6 is 0 Å². The van der Waals surface area contributed by atoms with Gasteiger partial charge in [0, 0.05) is 34.6 Å². The third-order valence-corrected chi connectivity index (χ3v) is 8.00. The lowest BCUT2D eigenvalue weighted by Gasteiger charge is -2.48. The molecule has 27 heavy (non-hydrogen) atoms. The molecule has 0 saturated heterocycles. The first-order valence-corrected chi connectivity index (χ1v) is 9.94. The second-order valence-corrected chi connectivity index (χ2v) is 8.85. The lowest BCUT2D eigenvalue weighted by atomic mass is 9.54. The number of hydrogen-bond acceptors (Lipinski definition) is 3. The lowest BCUT2D eigenvalue weighted by molar-refractivity contribution is -0.125. The molecule has 2 fully saturated rings. The molecule has 0 aliphatic heterocycles. The third kappa shape index (κ3) is 1.75. The Balaban J connectivity index is 1.73. The number of benzene rings is 1. The molecule has 0 amide bonds. The molecule has 2 saturated carbocycles. The Morgan fingerprint density at radius 1 is 1.30 bits per heavy atom. The minimum atomic E-state index is -0.309. The van der Waals surface area contributed by atoms with Crippen molar-refractivity contribution in [3.8, 4) is 11.3 Å². The molecule has 0 radical (unpaired) electrons. The summed E-state index contributed by atoms with van der Waals surface area (Å²) in [4.78, 5) is 13.1. The van der Waals surface area contributed by atoms with Gasteiger partial charge in [0.2, 0.25) is 0 Å². The first kappa shape index (κ1) is 16.8. The van der Waals surface area contributed by atoms with Crippen LogP contribution in [0.15, 0.2) is 42.2 Å². The molecule has 3 aliphatic carbocycles. The number of allylic oxidation sites excluding steroid dienone is 1. The number of Topliss-reactive ketones (excluding diaryl/α,β-unsaturated/α-hetero) is 1. The summed E-state index contributed by atoms with van der Waals surface area (Å²) in [5, 5.41) is 14.8. The number of nitrogens with zero attached hydrogens (tertiary/aromatic N) is 2. The number of fused-ring (bicyclic) bond motifs is 2. The number of ketones is 1. The highest BCUT2D eigenvalue weighted by Crippen LogP contribution is 2.81. The van der Waals surface area contributed by atoms with E-state index >= 15 is 0 Å². The SMILES string of the molecule is CCC12C[C@]13CCc1c(nn(C)c1-c1ccccc1)[C@@]3(C)C/C(=C/O)C2=O. The molecule has 1 N–H and O–H groups in total. The highest BCUT2D eigenvalue weighted by atomic mass is 16.2. The van der Waals surface area contributed by atoms with Crippen molar-refractivity contribution >= 4 is 5.78 Å². The van der Waals surface area contributed by atoms with Gasteiger partial charge in [-0.15, -0.1) is 0 Å². The van der Waals surface area contributed by atoms with E-state index in [0.29, 0.717) is 12.0 Å². The molecule has 1 unspecified atom stereocenters. The Morgan fingerprint density at radius 3 is 2.70 bits per heavy atom. The first-order valence-electron chi connectivity index (χ1n) is 9.94.